The number of fused-ring (bicyclic) bond motifs is 1. The van der Waals surface area contributed by atoms with Crippen LogP contribution in [0.3, 0.4) is 0 Å². The van der Waals surface area contributed by atoms with E-state index in [0.717, 1.165) is 0 Å². The molecule has 8 heteroatoms. The van der Waals surface area contributed by atoms with Crippen LogP contribution in [0.4, 0.5) is 11.4 Å². The first-order chi connectivity index (χ1) is 13.1. The highest BCUT2D eigenvalue weighted by atomic mass is 16.6. The van der Waals surface area contributed by atoms with Gasteiger partial charge in [0.05, 0.1) is 14.2 Å². The van der Waals surface area contributed by atoms with Crippen molar-refractivity contribution in [3.8, 4) is 23.0 Å². The van der Waals surface area contributed by atoms with Gasteiger partial charge in [0.1, 0.15) is 19.6 Å². The maximum absolute atomic E-state index is 12.1. The van der Waals surface area contributed by atoms with Crippen LogP contribution in [-0.4, -0.2) is 39.2 Å². The molecule has 0 radical (unpaired) electrons. The highest BCUT2D eigenvalue weighted by molar-refractivity contribution is 6.08. The largest absolute Gasteiger partial charge is 0.493 e. The Balaban J connectivity index is 1.57. The fourth-order valence-corrected chi connectivity index (χ4v) is 2.59. The number of nitrogens with one attached hydrogen (secondary N) is 2. The summed E-state index contributed by atoms with van der Waals surface area (Å²) in [6.07, 6.45) is -0.331. The Morgan fingerprint density at radius 2 is 1.44 bits per heavy atom. The van der Waals surface area contributed by atoms with E-state index in [1.54, 1.807) is 36.4 Å². The van der Waals surface area contributed by atoms with Gasteiger partial charge in [-0.25, -0.2) is 0 Å². The van der Waals surface area contributed by atoms with Gasteiger partial charge in [-0.3, -0.25) is 9.59 Å². The zero-order chi connectivity index (χ0) is 19.2. The number of carbonyl (C=O) groups is 2. The average molecular weight is 372 g/mol. The second kappa shape index (κ2) is 8.31. The number of carbonyl (C=O) groups excluding carboxylic acids is 2. The van der Waals surface area contributed by atoms with E-state index in [2.05, 4.69) is 10.6 Å². The molecule has 2 aromatic rings. The van der Waals surface area contributed by atoms with Gasteiger partial charge in [0.2, 0.25) is 11.8 Å². The van der Waals surface area contributed by atoms with Gasteiger partial charge < -0.3 is 29.6 Å². The summed E-state index contributed by atoms with van der Waals surface area (Å²) in [5.41, 5.74) is 1.04. The lowest BCUT2D eigenvalue weighted by Gasteiger charge is -2.19. The SMILES string of the molecule is COc1ccc(NC(=O)CC(=O)Nc2ccc3c(c2)OCCO3)cc1OC. The van der Waals surface area contributed by atoms with Crippen molar-refractivity contribution in [1.29, 1.82) is 0 Å². The molecule has 0 aliphatic carbocycles. The predicted octanol–water partition coefficient (Wildman–Crippen LogP) is 2.44. The van der Waals surface area contributed by atoms with Crippen molar-refractivity contribution in [2.24, 2.45) is 0 Å². The fraction of sp³-hybridized carbons (Fsp3) is 0.263. The summed E-state index contributed by atoms with van der Waals surface area (Å²) in [6.45, 7) is 0.952. The molecule has 1 heterocycles. The minimum atomic E-state index is -0.447. The fourth-order valence-electron chi connectivity index (χ4n) is 2.59. The van der Waals surface area contributed by atoms with E-state index in [1.807, 2.05) is 0 Å². The summed E-state index contributed by atoms with van der Waals surface area (Å²) in [5.74, 6) is 1.34. The minimum absolute atomic E-state index is 0.331. The minimum Gasteiger partial charge on any atom is -0.493 e. The van der Waals surface area contributed by atoms with Crippen molar-refractivity contribution in [3.63, 3.8) is 0 Å². The zero-order valence-corrected chi connectivity index (χ0v) is 15.0. The Morgan fingerprint density at radius 3 is 2.11 bits per heavy atom. The van der Waals surface area contributed by atoms with Gasteiger partial charge in [-0.1, -0.05) is 0 Å². The van der Waals surface area contributed by atoms with E-state index < -0.39 is 11.8 Å². The summed E-state index contributed by atoms with van der Waals surface area (Å²) in [6, 6.07) is 10.0. The number of anilines is 2. The predicted molar refractivity (Wildman–Crippen MR) is 98.9 cm³/mol. The molecule has 142 valence electrons. The molecule has 2 N–H and O–H groups in total. The number of hydrogen-bond donors (Lipinski definition) is 2. The van der Waals surface area contributed by atoms with Crippen LogP contribution in [0.1, 0.15) is 6.42 Å². The second-order valence-corrected chi connectivity index (χ2v) is 5.70. The lowest BCUT2D eigenvalue weighted by atomic mass is 10.2. The van der Waals surface area contributed by atoms with E-state index in [1.165, 1.54) is 14.2 Å². The molecule has 0 aromatic heterocycles. The zero-order valence-electron chi connectivity index (χ0n) is 15.0. The van der Waals surface area contributed by atoms with E-state index in [4.69, 9.17) is 18.9 Å². The van der Waals surface area contributed by atoms with Gasteiger partial charge in [0.15, 0.2) is 23.0 Å². The summed E-state index contributed by atoms with van der Waals surface area (Å²) >= 11 is 0. The van der Waals surface area contributed by atoms with Gasteiger partial charge in [0.25, 0.3) is 0 Å². The van der Waals surface area contributed by atoms with E-state index >= 15 is 0 Å². The van der Waals surface area contributed by atoms with Crippen molar-refractivity contribution < 1.29 is 28.5 Å². The second-order valence-electron chi connectivity index (χ2n) is 5.70. The molecule has 0 atom stereocenters. The van der Waals surface area contributed by atoms with Gasteiger partial charge in [-0.05, 0) is 24.3 Å². The number of rotatable bonds is 6. The first kappa shape index (κ1) is 18.4. The molecule has 3 rings (SSSR count). The van der Waals surface area contributed by atoms with Crippen LogP contribution in [0, 0.1) is 0 Å². The molecule has 27 heavy (non-hydrogen) atoms. The molecule has 0 fully saturated rings. The highest BCUT2D eigenvalue weighted by Crippen LogP contribution is 2.32. The third kappa shape index (κ3) is 4.60. The average Bonchev–Trinajstić information content (AvgIpc) is 2.67. The van der Waals surface area contributed by atoms with Crippen LogP contribution in [0.15, 0.2) is 36.4 Å². The number of methoxy groups -OCH3 is 2. The Kier molecular flexibility index (Phi) is 5.65. The third-order valence-electron chi connectivity index (χ3n) is 3.81. The summed E-state index contributed by atoms with van der Waals surface area (Å²) < 4.78 is 21.2. The lowest BCUT2D eigenvalue weighted by molar-refractivity contribution is -0.123. The van der Waals surface area contributed by atoms with Crippen LogP contribution in [-0.2, 0) is 9.59 Å². The van der Waals surface area contributed by atoms with Gasteiger partial charge >= 0.3 is 0 Å². The van der Waals surface area contributed by atoms with Crippen molar-refractivity contribution in [3.05, 3.63) is 36.4 Å². The first-order valence-corrected chi connectivity index (χ1v) is 8.30. The molecule has 2 aromatic carbocycles. The van der Waals surface area contributed by atoms with Crippen molar-refractivity contribution in [2.45, 2.75) is 6.42 Å². The summed E-state index contributed by atoms with van der Waals surface area (Å²) in [4.78, 5) is 24.2. The maximum atomic E-state index is 12.1. The molecule has 2 amide bonds. The van der Waals surface area contributed by atoms with Crippen LogP contribution >= 0.6 is 0 Å². The van der Waals surface area contributed by atoms with Crippen molar-refractivity contribution in [1.82, 2.24) is 0 Å². The molecule has 1 aliphatic heterocycles. The Labute approximate surface area is 156 Å². The topological polar surface area (TPSA) is 95.1 Å². The summed E-state index contributed by atoms with van der Waals surface area (Å²) in [7, 11) is 3.03. The highest BCUT2D eigenvalue weighted by Gasteiger charge is 2.15. The Hall–Kier alpha value is -3.42. The molecule has 0 bridgehead atoms. The van der Waals surface area contributed by atoms with Gasteiger partial charge in [-0.2, -0.15) is 0 Å². The number of benzene rings is 2. The van der Waals surface area contributed by atoms with Crippen LogP contribution in [0.2, 0.25) is 0 Å². The molecule has 8 nitrogen and oxygen atoms in total. The monoisotopic (exact) mass is 372 g/mol. The van der Waals surface area contributed by atoms with Crippen LogP contribution in [0.5, 0.6) is 23.0 Å². The molecule has 0 spiro atoms. The number of amides is 2. The van der Waals surface area contributed by atoms with Crippen molar-refractivity contribution >= 4 is 23.2 Å². The molecule has 0 unspecified atom stereocenters. The standard InChI is InChI=1S/C19H20N2O6/c1-24-14-5-3-12(9-16(14)25-2)20-18(22)11-19(23)21-13-4-6-15-17(10-13)27-8-7-26-15/h3-6,9-10H,7-8,11H2,1-2H3,(H,20,22)(H,21,23). The van der Waals surface area contributed by atoms with Crippen LogP contribution < -0.4 is 29.6 Å². The smallest absolute Gasteiger partial charge is 0.233 e. The van der Waals surface area contributed by atoms with E-state index in [-0.39, 0.29) is 6.42 Å². The van der Waals surface area contributed by atoms with Crippen molar-refractivity contribution in [2.75, 3.05) is 38.1 Å². The molecular weight excluding hydrogens is 352 g/mol. The van der Waals surface area contributed by atoms with Gasteiger partial charge in [0, 0.05) is 23.5 Å². The quantitative estimate of drug-likeness (QED) is 0.757. The first-order valence-electron chi connectivity index (χ1n) is 8.30. The molecular formula is C19H20N2O6. The van der Waals surface area contributed by atoms with E-state index in [9.17, 15) is 9.59 Å². The molecule has 1 aliphatic rings. The molecule has 0 saturated carbocycles. The molecule has 0 saturated heterocycles. The lowest BCUT2D eigenvalue weighted by Crippen LogP contribution is -2.21. The van der Waals surface area contributed by atoms with Crippen LogP contribution in [0.25, 0.3) is 0 Å². The third-order valence-corrected chi connectivity index (χ3v) is 3.81. The Bertz CT molecular complexity index is 801. The number of ether oxygens (including phenoxy) is 4. The number of hydrogen-bond acceptors (Lipinski definition) is 6. The maximum Gasteiger partial charge on any atom is 0.233 e. The van der Waals surface area contributed by atoms with Gasteiger partial charge in [-0.15, -0.1) is 0 Å². The normalized spacial score (nSPS) is 12.1. The summed E-state index contributed by atoms with van der Waals surface area (Å²) in [5, 5.41) is 5.32. The van der Waals surface area contributed by atoms with E-state index in [0.29, 0.717) is 47.6 Å². The Morgan fingerprint density at radius 1 is 0.852 bits per heavy atom.